The number of rotatable bonds is 2. The molecule has 2 fully saturated rings. The predicted octanol–water partition coefficient (Wildman–Crippen LogP) is -0.188. The fraction of sp³-hybridized carbons (Fsp3) is 1.00. The molecule has 14 heavy (non-hydrogen) atoms. The van der Waals surface area contributed by atoms with E-state index >= 15 is 0 Å². The molecule has 2 aliphatic heterocycles. The van der Waals surface area contributed by atoms with E-state index in [-0.39, 0.29) is 0 Å². The minimum atomic E-state index is -0.923. The van der Waals surface area contributed by atoms with Crippen molar-refractivity contribution in [3.63, 3.8) is 0 Å². The van der Waals surface area contributed by atoms with Crippen LogP contribution in [0, 0.1) is 5.41 Å². The first kappa shape index (κ1) is 10.7. The molecule has 0 bridgehead atoms. The van der Waals surface area contributed by atoms with Crippen molar-refractivity contribution in [1.82, 2.24) is 13.9 Å². The minimum absolute atomic E-state index is 0.549. The molecule has 0 radical (unpaired) electrons. The predicted molar refractivity (Wildman–Crippen MR) is 57.9 cm³/mol. The molecule has 5 heteroatoms. The quantitative estimate of drug-likeness (QED) is 0.651. The summed E-state index contributed by atoms with van der Waals surface area (Å²) >= 11 is -0.923. The molecule has 0 saturated carbocycles. The second-order valence-corrected chi connectivity index (χ2v) is 6.28. The van der Waals surface area contributed by atoms with Crippen LogP contribution in [0.15, 0.2) is 0 Å². The van der Waals surface area contributed by atoms with Gasteiger partial charge in [0.2, 0.25) is 0 Å². The average Bonchev–Trinajstić information content (AvgIpc) is 2.14. The second-order valence-electron chi connectivity index (χ2n) is 4.58. The van der Waals surface area contributed by atoms with Crippen molar-refractivity contribution in [2.45, 2.75) is 12.8 Å². The monoisotopic (exact) mass is 217 g/mol. The van der Waals surface area contributed by atoms with Gasteiger partial charge in [0.05, 0.1) is 0 Å². The Bertz CT molecular complexity index is 198. The molecule has 1 N–H and O–H groups in total. The Morgan fingerprint density at radius 1 is 1.29 bits per heavy atom. The molecule has 0 aliphatic carbocycles. The van der Waals surface area contributed by atoms with Crippen LogP contribution >= 0.6 is 0 Å². The standard InChI is InChI=1S/C9H19N3OS/c1-11(2)14(13)12-5-3-9(4-6-12)7-10-8-9/h10H,3-8H2,1-2H3. The average molecular weight is 217 g/mol. The van der Waals surface area contributed by atoms with Crippen LogP contribution in [0.2, 0.25) is 0 Å². The van der Waals surface area contributed by atoms with Crippen LogP contribution in [0.1, 0.15) is 12.8 Å². The molecule has 0 aromatic heterocycles. The fourth-order valence-electron chi connectivity index (χ4n) is 2.18. The maximum atomic E-state index is 11.8. The van der Waals surface area contributed by atoms with E-state index in [9.17, 15) is 4.55 Å². The Morgan fingerprint density at radius 2 is 1.86 bits per heavy atom. The molecule has 1 atom stereocenters. The van der Waals surface area contributed by atoms with Crippen molar-refractivity contribution in [2.24, 2.45) is 5.41 Å². The minimum Gasteiger partial charge on any atom is -0.578 e. The lowest BCUT2D eigenvalue weighted by Gasteiger charge is -2.47. The molecule has 1 unspecified atom stereocenters. The van der Waals surface area contributed by atoms with Crippen LogP contribution in [-0.2, 0) is 11.5 Å². The van der Waals surface area contributed by atoms with E-state index in [4.69, 9.17) is 0 Å². The third-order valence-corrected chi connectivity index (χ3v) is 4.75. The smallest absolute Gasteiger partial charge is 0.139 e. The third-order valence-electron chi connectivity index (χ3n) is 3.32. The summed E-state index contributed by atoms with van der Waals surface area (Å²) in [4.78, 5) is 0. The summed E-state index contributed by atoms with van der Waals surface area (Å²) in [6.07, 6.45) is 2.39. The maximum Gasteiger partial charge on any atom is 0.139 e. The van der Waals surface area contributed by atoms with Crippen LogP contribution in [-0.4, -0.2) is 53.4 Å². The Hall–Kier alpha value is 0.190. The lowest BCUT2D eigenvalue weighted by Crippen LogP contribution is -2.59. The first-order valence-corrected chi connectivity index (χ1v) is 6.24. The summed E-state index contributed by atoms with van der Waals surface area (Å²) in [5, 5.41) is 3.33. The van der Waals surface area contributed by atoms with E-state index in [2.05, 4.69) is 9.62 Å². The van der Waals surface area contributed by atoms with Crippen molar-refractivity contribution in [2.75, 3.05) is 40.3 Å². The molecule has 0 aromatic rings. The van der Waals surface area contributed by atoms with Gasteiger partial charge in [0, 0.05) is 40.3 Å². The Kier molecular flexibility index (Phi) is 3.04. The Morgan fingerprint density at radius 3 is 2.21 bits per heavy atom. The normalized spacial score (nSPS) is 29.1. The van der Waals surface area contributed by atoms with Gasteiger partial charge < -0.3 is 9.87 Å². The number of hydrogen-bond donors (Lipinski definition) is 1. The van der Waals surface area contributed by atoms with Crippen molar-refractivity contribution in [3.05, 3.63) is 0 Å². The summed E-state index contributed by atoms with van der Waals surface area (Å²) in [6, 6.07) is 0. The van der Waals surface area contributed by atoms with E-state index in [1.807, 2.05) is 14.1 Å². The number of piperidine rings is 1. The first-order valence-electron chi connectivity index (χ1n) is 5.18. The molecule has 2 aliphatic rings. The van der Waals surface area contributed by atoms with Gasteiger partial charge in [-0.2, -0.15) is 0 Å². The van der Waals surface area contributed by atoms with Crippen molar-refractivity contribution < 1.29 is 4.55 Å². The van der Waals surface area contributed by atoms with Gasteiger partial charge in [0.25, 0.3) is 0 Å². The van der Waals surface area contributed by atoms with Gasteiger partial charge in [-0.15, -0.1) is 8.61 Å². The number of hydrogen-bond acceptors (Lipinski definition) is 4. The van der Waals surface area contributed by atoms with Gasteiger partial charge in [0.15, 0.2) is 0 Å². The highest BCUT2D eigenvalue weighted by atomic mass is 32.2. The zero-order chi connectivity index (χ0) is 10.2. The summed E-state index contributed by atoms with van der Waals surface area (Å²) in [6.45, 7) is 4.28. The van der Waals surface area contributed by atoms with Crippen molar-refractivity contribution in [3.8, 4) is 0 Å². The lowest BCUT2D eigenvalue weighted by molar-refractivity contribution is 0.0852. The van der Waals surface area contributed by atoms with Crippen LogP contribution < -0.4 is 5.32 Å². The molecule has 2 heterocycles. The van der Waals surface area contributed by atoms with Gasteiger partial charge in [0.1, 0.15) is 11.5 Å². The van der Waals surface area contributed by atoms with E-state index in [0.29, 0.717) is 5.41 Å². The van der Waals surface area contributed by atoms with E-state index in [1.165, 1.54) is 12.8 Å². The van der Waals surface area contributed by atoms with E-state index in [1.54, 1.807) is 4.31 Å². The topological polar surface area (TPSA) is 41.6 Å². The summed E-state index contributed by atoms with van der Waals surface area (Å²) < 4.78 is 15.6. The van der Waals surface area contributed by atoms with Crippen molar-refractivity contribution in [1.29, 1.82) is 0 Å². The Labute approximate surface area is 89.1 Å². The highest BCUT2D eigenvalue weighted by molar-refractivity contribution is 7.86. The molecule has 82 valence electrons. The van der Waals surface area contributed by atoms with Crippen LogP contribution in [0.25, 0.3) is 0 Å². The molecule has 2 saturated heterocycles. The van der Waals surface area contributed by atoms with Gasteiger partial charge in [-0.25, -0.2) is 0 Å². The van der Waals surface area contributed by atoms with Gasteiger partial charge in [-0.1, -0.05) is 0 Å². The van der Waals surface area contributed by atoms with Gasteiger partial charge in [-0.3, -0.25) is 0 Å². The molecule has 0 aromatic carbocycles. The fourth-order valence-corrected chi connectivity index (χ4v) is 3.14. The Balaban J connectivity index is 1.83. The van der Waals surface area contributed by atoms with Crippen LogP contribution in [0.3, 0.4) is 0 Å². The van der Waals surface area contributed by atoms with Gasteiger partial charge in [-0.05, 0) is 18.3 Å². The largest absolute Gasteiger partial charge is 0.578 e. The molecule has 1 spiro atoms. The number of nitrogens with one attached hydrogen (secondary N) is 1. The first-order chi connectivity index (χ1) is 6.63. The zero-order valence-electron chi connectivity index (χ0n) is 8.95. The molecule has 2 rings (SSSR count). The number of nitrogens with zero attached hydrogens (tertiary/aromatic N) is 2. The van der Waals surface area contributed by atoms with Crippen LogP contribution in [0.4, 0.5) is 0 Å². The maximum absolute atomic E-state index is 11.8. The highest BCUT2D eigenvalue weighted by Crippen LogP contribution is 2.35. The zero-order valence-corrected chi connectivity index (χ0v) is 9.77. The van der Waals surface area contributed by atoms with Crippen molar-refractivity contribution >= 4 is 11.5 Å². The van der Waals surface area contributed by atoms with Crippen LogP contribution in [0.5, 0.6) is 0 Å². The highest BCUT2D eigenvalue weighted by Gasteiger charge is 2.42. The summed E-state index contributed by atoms with van der Waals surface area (Å²) in [7, 11) is 3.73. The third kappa shape index (κ3) is 1.92. The molecule has 4 nitrogen and oxygen atoms in total. The second kappa shape index (κ2) is 3.98. The molecular formula is C9H19N3OS. The van der Waals surface area contributed by atoms with E-state index < -0.39 is 11.5 Å². The SMILES string of the molecule is CN(C)[S+]([O-])N1CCC2(CC1)CNC2. The van der Waals surface area contributed by atoms with Gasteiger partial charge >= 0.3 is 0 Å². The molecule has 0 amide bonds. The summed E-state index contributed by atoms with van der Waals surface area (Å²) in [5.41, 5.74) is 0.549. The summed E-state index contributed by atoms with van der Waals surface area (Å²) in [5.74, 6) is 0. The molecular weight excluding hydrogens is 198 g/mol. The van der Waals surface area contributed by atoms with E-state index in [0.717, 1.165) is 26.2 Å². The lowest BCUT2D eigenvalue weighted by atomic mass is 9.74.